The first-order chi connectivity index (χ1) is 9.61. The maximum absolute atomic E-state index is 12.3. The van der Waals surface area contributed by atoms with E-state index < -0.39 is 6.04 Å². The first-order valence-electron chi connectivity index (χ1n) is 6.30. The number of anilines is 1. The summed E-state index contributed by atoms with van der Waals surface area (Å²) in [5.41, 5.74) is 5.40. The second-order valence-electron chi connectivity index (χ2n) is 4.23. The quantitative estimate of drug-likeness (QED) is 0.738. The summed E-state index contributed by atoms with van der Waals surface area (Å²) >= 11 is 1.64. The third-order valence-electron chi connectivity index (χ3n) is 2.86. The maximum atomic E-state index is 12.3. The molecule has 1 atom stereocenters. The van der Waals surface area contributed by atoms with Crippen LogP contribution in [0.15, 0.2) is 6.33 Å². The highest BCUT2D eigenvalue weighted by Gasteiger charge is 2.33. The van der Waals surface area contributed by atoms with Crippen LogP contribution >= 0.6 is 11.8 Å². The molecule has 1 aromatic rings. The van der Waals surface area contributed by atoms with Crippen LogP contribution in [0.25, 0.3) is 0 Å². The monoisotopic (exact) mass is 299 g/mol. The molecule has 2 rings (SSSR count). The predicted octanol–water partition coefficient (Wildman–Crippen LogP) is -0.633. The van der Waals surface area contributed by atoms with Crippen LogP contribution < -0.4 is 5.73 Å². The van der Waals surface area contributed by atoms with E-state index >= 15 is 0 Å². The van der Waals surface area contributed by atoms with Crippen LogP contribution in [-0.2, 0) is 20.9 Å². The molecule has 110 valence electrons. The molecule has 1 fully saturated rings. The van der Waals surface area contributed by atoms with Gasteiger partial charge in [0.05, 0.1) is 6.61 Å². The van der Waals surface area contributed by atoms with Crippen molar-refractivity contribution in [3.8, 4) is 0 Å². The number of carbonyl (C=O) groups excluding carboxylic acids is 2. The fourth-order valence-corrected chi connectivity index (χ4v) is 2.98. The van der Waals surface area contributed by atoms with Crippen molar-refractivity contribution in [1.82, 2.24) is 19.7 Å². The Hall–Kier alpha value is -1.77. The second kappa shape index (κ2) is 6.60. The van der Waals surface area contributed by atoms with E-state index in [1.807, 2.05) is 0 Å². The molecule has 1 amide bonds. The summed E-state index contributed by atoms with van der Waals surface area (Å²) in [6.45, 7) is 2.60. The van der Waals surface area contributed by atoms with Crippen LogP contribution in [0.5, 0.6) is 0 Å². The molecule has 0 saturated carbocycles. The zero-order valence-electron chi connectivity index (χ0n) is 11.2. The molecular formula is C11H17N5O3S. The molecule has 1 saturated heterocycles. The summed E-state index contributed by atoms with van der Waals surface area (Å²) in [5, 5.41) is 3.87. The number of nitrogens with zero attached hydrogens (tertiary/aromatic N) is 4. The number of nitrogens with two attached hydrogens (primary N) is 1. The lowest BCUT2D eigenvalue weighted by atomic mass is 10.2. The van der Waals surface area contributed by atoms with Gasteiger partial charge in [0, 0.05) is 18.1 Å². The Kier molecular flexibility index (Phi) is 4.83. The zero-order valence-corrected chi connectivity index (χ0v) is 12.0. The molecule has 0 spiro atoms. The zero-order chi connectivity index (χ0) is 14.5. The highest BCUT2D eigenvalue weighted by Crippen LogP contribution is 2.18. The van der Waals surface area contributed by atoms with E-state index in [1.165, 1.54) is 11.0 Å². The van der Waals surface area contributed by atoms with Crippen LogP contribution in [0.3, 0.4) is 0 Å². The van der Waals surface area contributed by atoms with Gasteiger partial charge in [-0.2, -0.15) is 11.8 Å². The fraction of sp³-hybridized carbons (Fsp3) is 0.636. The van der Waals surface area contributed by atoms with Crippen molar-refractivity contribution >= 4 is 29.6 Å². The molecule has 9 heteroatoms. The van der Waals surface area contributed by atoms with Gasteiger partial charge in [-0.3, -0.25) is 4.79 Å². The van der Waals surface area contributed by atoms with Crippen molar-refractivity contribution in [3.05, 3.63) is 6.33 Å². The van der Waals surface area contributed by atoms with E-state index in [0.717, 1.165) is 5.75 Å². The molecule has 2 heterocycles. The average molecular weight is 299 g/mol. The maximum Gasteiger partial charge on any atom is 0.329 e. The van der Waals surface area contributed by atoms with Crippen molar-refractivity contribution in [1.29, 1.82) is 0 Å². The van der Waals surface area contributed by atoms with E-state index in [2.05, 4.69) is 10.1 Å². The molecule has 0 bridgehead atoms. The lowest BCUT2D eigenvalue weighted by Crippen LogP contribution is -2.51. The van der Waals surface area contributed by atoms with Crippen molar-refractivity contribution in [3.63, 3.8) is 0 Å². The number of esters is 1. The topological polar surface area (TPSA) is 103 Å². The summed E-state index contributed by atoms with van der Waals surface area (Å²) < 4.78 is 6.38. The number of hydrogen-bond donors (Lipinski definition) is 1. The van der Waals surface area contributed by atoms with Gasteiger partial charge in [-0.05, 0) is 6.92 Å². The second-order valence-corrected chi connectivity index (χ2v) is 5.38. The summed E-state index contributed by atoms with van der Waals surface area (Å²) in [6.07, 6.45) is 1.39. The summed E-state index contributed by atoms with van der Waals surface area (Å²) in [5.74, 6) is 0.943. The van der Waals surface area contributed by atoms with Crippen LogP contribution in [0.4, 0.5) is 5.95 Å². The number of nitrogen functional groups attached to an aromatic ring is 1. The molecule has 8 nitrogen and oxygen atoms in total. The van der Waals surface area contributed by atoms with Crippen LogP contribution in [0.2, 0.25) is 0 Å². The van der Waals surface area contributed by atoms with E-state index in [1.54, 1.807) is 23.6 Å². The average Bonchev–Trinajstić information content (AvgIpc) is 2.84. The van der Waals surface area contributed by atoms with Gasteiger partial charge in [-0.1, -0.05) is 0 Å². The number of amides is 1. The van der Waals surface area contributed by atoms with Gasteiger partial charge in [0.15, 0.2) is 0 Å². The Morgan fingerprint density at radius 3 is 3.05 bits per heavy atom. The standard InChI is InChI=1S/C11H17N5O3S/c1-2-19-10(18)8-6-20-4-3-16(8)9(17)5-15-7-13-11(12)14-15/h7-8H,2-6H2,1H3,(H2,12,14). The predicted molar refractivity (Wildman–Crippen MR) is 73.9 cm³/mol. The number of aromatic nitrogens is 3. The third kappa shape index (κ3) is 3.41. The summed E-state index contributed by atoms with van der Waals surface area (Å²) in [6, 6.07) is -0.526. The molecule has 0 radical (unpaired) electrons. The van der Waals surface area contributed by atoms with Gasteiger partial charge >= 0.3 is 5.97 Å². The molecule has 2 N–H and O–H groups in total. The number of thioether (sulfide) groups is 1. The van der Waals surface area contributed by atoms with E-state index in [-0.39, 0.29) is 24.4 Å². The van der Waals surface area contributed by atoms with Gasteiger partial charge in [0.1, 0.15) is 18.9 Å². The van der Waals surface area contributed by atoms with Gasteiger partial charge in [0.25, 0.3) is 0 Å². The molecule has 20 heavy (non-hydrogen) atoms. The first-order valence-corrected chi connectivity index (χ1v) is 7.46. The molecule has 1 aliphatic rings. The van der Waals surface area contributed by atoms with Crippen LogP contribution in [0.1, 0.15) is 6.92 Å². The molecule has 1 aromatic heterocycles. The molecule has 1 unspecified atom stereocenters. The SMILES string of the molecule is CCOC(=O)C1CSCCN1C(=O)Cn1cnc(N)n1. The van der Waals surface area contributed by atoms with Crippen molar-refractivity contribution < 1.29 is 14.3 Å². The van der Waals surface area contributed by atoms with Crippen molar-refractivity contribution in [2.75, 3.05) is 30.4 Å². The normalized spacial score (nSPS) is 18.9. The highest BCUT2D eigenvalue weighted by molar-refractivity contribution is 7.99. The summed E-state index contributed by atoms with van der Waals surface area (Å²) in [7, 11) is 0. The molecule has 0 aromatic carbocycles. The largest absolute Gasteiger partial charge is 0.464 e. The van der Waals surface area contributed by atoms with E-state index in [9.17, 15) is 9.59 Å². The van der Waals surface area contributed by atoms with Gasteiger partial charge < -0.3 is 15.4 Å². The Morgan fingerprint density at radius 2 is 2.40 bits per heavy atom. The van der Waals surface area contributed by atoms with Crippen LogP contribution in [-0.4, -0.2) is 62.2 Å². The van der Waals surface area contributed by atoms with Crippen molar-refractivity contribution in [2.45, 2.75) is 19.5 Å². The lowest BCUT2D eigenvalue weighted by Gasteiger charge is -2.33. The van der Waals surface area contributed by atoms with Crippen molar-refractivity contribution in [2.24, 2.45) is 0 Å². The Bertz CT molecular complexity index is 492. The number of ether oxygens (including phenoxy) is 1. The molecule has 1 aliphatic heterocycles. The third-order valence-corrected chi connectivity index (χ3v) is 3.88. The minimum atomic E-state index is -0.526. The summed E-state index contributed by atoms with van der Waals surface area (Å²) in [4.78, 5) is 29.5. The highest BCUT2D eigenvalue weighted by atomic mass is 32.2. The van der Waals surface area contributed by atoms with Gasteiger partial charge in [-0.15, -0.1) is 5.10 Å². The van der Waals surface area contributed by atoms with Gasteiger partial charge in [-0.25, -0.2) is 14.5 Å². The van der Waals surface area contributed by atoms with Gasteiger partial charge in [0.2, 0.25) is 11.9 Å². The lowest BCUT2D eigenvalue weighted by molar-refractivity contribution is -0.154. The Labute approximate surface area is 120 Å². The Balaban J connectivity index is 2.03. The molecular weight excluding hydrogens is 282 g/mol. The number of rotatable bonds is 4. The number of carbonyl (C=O) groups is 2. The number of hydrogen-bond acceptors (Lipinski definition) is 7. The Morgan fingerprint density at radius 1 is 1.60 bits per heavy atom. The smallest absolute Gasteiger partial charge is 0.329 e. The van der Waals surface area contributed by atoms with E-state index in [4.69, 9.17) is 10.5 Å². The minimum Gasteiger partial charge on any atom is -0.464 e. The van der Waals surface area contributed by atoms with Crippen LogP contribution in [0, 0.1) is 0 Å². The fourth-order valence-electron chi connectivity index (χ4n) is 1.95. The van der Waals surface area contributed by atoms with E-state index in [0.29, 0.717) is 18.9 Å². The first kappa shape index (κ1) is 14.6. The minimum absolute atomic E-state index is 0.0186. The molecule has 0 aliphatic carbocycles.